The van der Waals surface area contributed by atoms with Crippen molar-refractivity contribution in [2.75, 3.05) is 31.1 Å². The van der Waals surface area contributed by atoms with Gasteiger partial charge in [0.05, 0.1) is 0 Å². The molecule has 2 amide bonds. The van der Waals surface area contributed by atoms with Gasteiger partial charge < -0.3 is 15.1 Å². The van der Waals surface area contributed by atoms with E-state index in [-0.39, 0.29) is 17.9 Å². The molecule has 0 aliphatic carbocycles. The van der Waals surface area contributed by atoms with E-state index in [0.717, 1.165) is 38.2 Å². The highest BCUT2D eigenvalue weighted by Crippen LogP contribution is 2.22. The Morgan fingerprint density at radius 1 is 1.15 bits per heavy atom. The predicted octanol–water partition coefficient (Wildman–Crippen LogP) is 3.05. The van der Waals surface area contributed by atoms with Gasteiger partial charge in [0.15, 0.2) is 0 Å². The molecule has 1 atom stereocenters. The molecule has 5 heteroatoms. The first kappa shape index (κ1) is 18.7. The number of anilines is 1. The number of carbonyl (C=O) groups excluding carboxylic acids is 2. The number of carbonyl (C=O) groups is 2. The summed E-state index contributed by atoms with van der Waals surface area (Å²) in [6.45, 7) is 7.63. The summed E-state index contributed by atoms with van der Waals surface area (Å²) in [5.41, 5.74) is 1.83. The Morgan fingerprint density at radius 2 is 1.92 bits per heavy atom. The Morgan fingerprint density at radius 3 is 2.65 bits per heavy atom. The molecule has 5 nitrogen and oxygen atoms in total. The van der Waals surface area contributed by atoms with E-state index in [1.54, 1.807) is 0 Å². The second-order valence-corrected chi connectivity index (χ2v) is 7.94. The van der Waals surface area contributed by atoms with Gasteiger partial charge in [-0.05, 0) is 49.8 Å². The van der Waals surface area contributed by atoms with Crippen molar-refractivity contribution in [2.45, 2.75) is 52.0 Å². The first-order valence-corrected chi connectivity index (χ1v) is 9.97. The highest BCUT2D eigenvalue weighted by molar-refractivity contribution is 5.95. The van der Waals surface area contributed by atoms with Crippen LogP contribution in [0.3, 0.4) is 0 Å². The van der Waals surface area contributed by atoms with E-state index in [2.05, 4.69) is 30.1 Å². The molecule has 0 radical (unpaired) electrons. The molecule has 1 N–H and O–H groups in total. The third-order valence-corrected chi connectivity index (χ3v) is 5.36. The minimum absolute atomic E-state index is 0.0470. The fourth-order valence-corrected chi connectivity index (χ4v) is 3.97. The minimum atomic E-state index is -0.0470. The van der Waals surface area contributed by atoms with Crippen LogP contribution in [0.2, 0.25) is 0 Å². The number of hydrogen-bond donors (Lipinski definition) is 1. The molecule has 0 aromatic heterocycles. The van der Waals surface area contributed by atoms with Gasteiger partial charge in [-0.3, -0.25) is 9.59 Å². The maximum atomic E-state index is 12.6. The smallest absolute Gasteiger partial charge is 0.251 e. The molecule has 2 fully saturated rings. The molecule has 142 valence electrons. The van der Waals surface area contributed by atoms with Gasteiger partial charge in [-0.1, -0.05) is 19.9 Å². The average molecular weight is 357 g/mol. The second kappa shape index (κ2) is 8.56. The molecule has 0 bridgehead atoms. The van der Waals surface area contributed by atoms with Gasteiger partial charge in [-0.15, -0.1) is 0 Å². The molecular weight excluding hydrogens is 326 g/mol. The monoisotopic (exact) mass is 357 g/mol. The Labute approximate surface area is 156 Å². The lowest BCUT2D eigenvalue weighted by atomic mass is 10.1. The normalized spacial score (nSPS) is 20.0. The topological polar surface area (TPSA) is 52.7 Å². The van der Waals surface area contributed by atoms with Crippen LogP contribution in [0.4, 0.5) is 5.69 Å². The summed E-state index contributed by atoms with van der Waals surface area (Å²) in [4.78, 5) is 29.3. The van der Waals surface area contributed by atoms with E-state index in [1.165, 1.54) is 12.8 Å². The van der Waals surface area contributed by atoms with Crippen LogP contribution in [0.1, 0.15) is 56.3 Å². The standard InChI is InChI=1S/C21H31N3O2/c1-16(2)13-20(25)24-12-6-9-19(24)15-22-21(26)17-7-5-8-18(14-17)23-10-3-4-11-23/h5,7-8,14,16,19H,3-4,6,9-13,15H2,1-2H3,(H,22,26). The molecule has 1 aromatic rings. The van der Waals surface area contributed by atoms with Crippen molar-refractivity contribution in [3.63, 3.8) is 0 Å². The number of rotatable bonds is 6. The maximum Gasteiger partial charge on any atom is 0.251 e. The van der Waals surface area contributed by atoms with Crippen molar-refractivity contribution >= 4 is 17.5 Å². The Kier molecular flexibility index (Phi) is 6.17. The minimum Gasteiger partial charge on any atom is -0.372 e. The molecule has 0 spiro atoms. The third kappa shape index (κ3) is 4.57. The SMILES string of the molecule is CC(C)CC(=O)N1CCCC1CNC(=O)c1cccc(N2CCCC2)c1. The van der Waals surface area contributed by atoms with Gasteiger partial charge in [0, 0.05) is 49.9 Å². The van der Waals surface area contributed by atoms with Crippen LogP contribution in [0.5, 0.6) is 0 Å². The first-order valence-electron chi connectivity index (χ1n) is 9.97. The fraction of sp³-hybridized carbons (Fsp3) is 0.619. The van der Waals surface area contributed by atoms with E-state index < -0.39 is 0 Å². The molecule has 26 heavy (non-hydrogen) atoms. The van der Waals surface area contributed by atoms with Gasteiger partial charge in [0.25, 0.3) is 5.91 Å². The highest BCUT2D eigenvalue weighted by Gasteiger charge is 2.29. The molecule has 1 unspecified atom stereocenters. The predicted molar refractivity (Wildman–Crippen MR) is 104 cm³/mol. The Balaban J connectivity index is 1.56. The molecule has 2 aliphatic rings. The summed E-state index contributed by atoms with van der Waals surface area (Å²) in [6.07, 6.45) is 5.02. The third-order valence-electron chi connectivity index (χ3n) is 5.36. The van der Waals surface area contributed by atoms with Crippen molar-refractivity contribution in [1.29, 1.82) is 0 Å². The zero-order valence-corrected chi connectivity index (χ0v) is 16.0. The van der Waals surface area contributed by atoms with E-state index in [0.29, 0.717) is 24.4 Å². The van der Waals surface area contributed by atoms with Gasteiger partial charge in [0.2, 0.25) is 5.91 Å². The summed E-state index contributed by atoms with van der Waals surface area (Å²) in [5, 5.41) is 3.05. The average Bonchev–Trinajstić information content (AvgIpc) is 3.30. The van der Waals surface area contributed by atoms with Crippen molar-refractivity contribution < 1.29 is 9.59 Å². The Hall–Kier alpha value is -2.04. The lowest BCUT2D eigenvalue weighted by molar-refractivity contribution is -0.132. The van der Waals surface area contributed by atoms with Gasteiger partial charge in [-0.25, -0.2) is 0 Å². The number of likely N-dealkylation sites (tertiary alicyclic amines) is 1. The van der Waals surface area contributed by atoms with Gasteiger partial charge in [-0.2, -0.15) is 0 Å². The summed E-state index contributed by atoms with van der Waals surface area (Å²) in [7, 11) is 0. The molecule has 2 aliphatic heterocycles. The van der Waals surface area contributed by atoms with Gasteiger partial charge >= 0.3 is 0 Å². The second-order valence-electron chi connectivity index (χ2n) is 7.94. The van der Waals surface area contributed by atoms with Crippen molar-refractivity contribution in [3.8, 4) is 0 Å². The van der Waals surface area contributed by atoms with Crippen LogP contribution in [0.15, 0.2) is 24.3 Å². The molecule has 3 rings (SSSR count). The highest BCUT2D eigenvalue weighted by atomic mass is 16.2. The zero-order valence-electron chi connectivity index (χ0n) is 16.0. The van der Waals surface area contributed by atoms with Crippen LogP contribution in [-0.4, -0.2) is 48.9 Å². The van der Waals surface area contributed by atoms with Gasteiger partial charge in [0.1, 0.15) is 0 Å². The summed E-state index contributed by atoms with van der Waals surface area (Å²) in [6, 6.07) is 8.01. The summed E-state index contributed by atoms with van der Waals surface area (Å²) < 4.78 is 0. The largest absolute Gasteiger partial charge is 0.372 e. The summed E-state index contributed by atoms with van der Waals surface area (Å²) in [5.74, 6) is 0.536. The quantitative estimate of drug-likeness (QED) is 0.851. The van der Waals surface area contributed by atoms with E-state index in [4.69, 9.17) is 0 Å². The van der Waals surface area contributed by atoms with Crippen LogP contribution in [0, 0.1) is 5.92 Å². The number of hydrogen-bond acceptors (Lipinski definition) is 3. The van der Waals surface area contributed by atoms with E-state index in [9.17, 15) is 9.59 Å². The molecule has 1 aromatic carbocycles. The Bertz CT molecular complexity index is 638. The van der Waals surface area contributed by atoms with Crippen LogP contribution >= 0.6 is 0 Å². The van der Waals surface area contributed by atoms with Crippen LogP contribution in [-0.2, 0) is 4.79 Å². The zero-order chi connectivity index (χ0) is 18.5. The van der Waals surface area contributed by atoms with E-state index in [1.807, 2.05) is 23.1 Å². The molecular formula is C21H31N3O2. The lowest BCUT2D eigenvalue weighted by Gasteiger charge is -2.26. The number of amides is 2. The van der Waals surface area contributed by atoms with E-state index >= 15 is 0 Å². The van der Waals surface area contributed by atoms with Crippen LogP contribution in [0.25, 0.3) is 0 Å². The summed E-state index contributed by atoms with van der Waals surface area (Å²) >= 11 is 0. The first-order chi connectivity index (χ1) is 12.5. The number of nitrogens with one attached hydrogen (secondary N) is 1. The number of nitrogens with zero attached hydrogens (tertiary/aromatic N) is 2. The molecule has 2 heterocycles. The van der Waals surface area contributed by atoms with Crippen molar-refractivity contribution in [1.82, 2.24) is 10.2 Å². The van der Waals surface area contributed by atoms with Crippen LogP contribution < -0.4 is 10.2 Å². The lowest BCUT2D eigenvalue weighted by Crippen LogP contribution is -2.43. The van der Waals surface area contributed by atoms with Crippen molar-refractivity contribution in [3.05, 3.63) is 29.8 Å². The number of benzene rings is 1. The fourth-order valence-electron chi connectivity index (χ4n) is 3.97. The molecule has 2 saturated heterocycles. The molecule has 0 saturated carbocycles. The van der Waals surface area contributed by atoms with Crippen molar-refractivity contribution in [2.24, 2.45) is 5.92 Å². The maximum absolute atomic E-state index is 12.6.